The van der Waals surface area contributed by atoms with Gasteiger partial charge in [-0.25, -0.2) is 14.2 Å². The number of rotatable bonds is 7. The number of anilines is 1. The van der Waals surface area contributed by atoms with E-state index in [1.807, 2.05) is 17.5 Å². The third-order valence-corrected chi connectivity index (χ3v) is 6.77. The van der Waals surface area contributed by atoms with E-state index in [2.05, 4.69) is 10.3 Å². The number of nitrogens with one attached hydrogen (secondary N) is 1. The summed E-state index contributed by atoms with van der Waals surface area (Å²) in [7, 11) is 0. The van der Waals surface area contributed by atoms with Gasteiger partial charge < -0.3 is 10.4 Å². The lowest BCUT2D eigenvalue weighted by atomic mass is 10.2. The molecule has 0 aliphatic carbocycles. The van der Waals surface area contributed by atoms with Crippen LogP contribution in [0.15, 0.2) is 71.0 Å². The molecule has 1 unspecified atom stereocenters. The molecule has 10 heteroatoms. The van der Waals surface area contributed by atoms with E-state index >= 15 is 0 Å². The Kier molecular flexibility index (Phi) is 6.85. The van der Waals surface area contributed by atoms with Gasteiger partial charge in [0.15, 0.2) is 5.17 Å². The molecule has 1 aliphatic rings. The molecule has 0 bridgehead atoms. The summed E-state index contributed by atoms with van der Waals surface area (Å²) in [6.45, 7) is 0.322. The van der Waals surface area contributed by atoms with E-state index < -0.39 is 17.1 Å². The lowest BCUT2D eigenvalue weighted by molar-refractivity contribution is -0.128. The third-order valence-electron chi connectivity index (χ3n) is 4.73. The van der Waals surface area contributed by atoms with Gasteiger partial charge in [-0.2, -0.15) is 0 Å². The highest BCUT2D eigenvalue weighted by Crippen LogP contribution is 2.33. The minimum Gasteiger partial charge on any atom is -0.478 e. The monoisotopic (exact) mass is 483 g/mol. The first kappa shape index (κ1) is 22.7. The number of hydrogen-bond donors (Lipinski definition) is 2. The zero-order valence-corrected chi connectivity index (χ0v) is 18.7. The first-order chi connectivity index (χ1) is 15.9. The van der Waals surface area contributed by atoms with Crippen LogP contribution in [-0.4, -0.2) is 38.2 Å². The molecular weight excluding hydrogens is 465 g/mol. The molecule has 0 radical (unpaired) electrons. The van der Waals surface area contributed by atoms with E-state index in [-0.39, 0.29) is 23.7 Å². The molecule has 1 aromatic heterocycles. The molecule has 2 aromatic carbocycles. The SMILES string of the molecule is O=C(CC1SC(=Nc2ccc(F)cc2)N(Cc2cccs2)C1=O)Nc1cccc(C(=O)O)c1. The Morgan fingerprint density at radius 1 is 1.12 bits per heavy atom. The van der Waals surface area contributed by atoms with Crippen LogP contribution in [0.1, 0.15) is 21.7 Å². The Hall–Kier alpha value is -3.50. The smallest absolute Gasteiger partial charge is 0.335 e. The molecule has 2 heterocycles. The van der Waals surface area contributed by atoms with Gasteiger partial charge in [0.25, 0.3) is 0 Å². The summed E-state index contributed by atoms with van der Waals surface area (Å²) in [5.41, 5.74) is 0.888. The Balaban J connectivity index is 1.51. The number of amidine groups is 1. The number of benzene rings is 2. The van der Waals surface area contributed by atoms with E-state index in [9.17, 15) is 18.8 Å². The first-order valence-corrected chi connectivity index (χ1v) is 11.6. The molecule has 1 aliphatic heterocycles. The van der Waals surface area contributed by atoms with Gasteiger partial charge in [-0.05, 0) is 53.9 Å². The number of carbonyl (C=O) groups is 3. The lowest BCUT2D eigenvalue weighted by Gasteiger charge is -2.15. The van der Waals surface area contributed by atoms with Crippen molar-refractivity contribution in [2.75, 3.05) is 5.32 Å². The van der Waals surface area contributed by atoms with Gasteiger partial charge >= 0.3 is 5.97 Å². The Bertz CT molecular complexity index is 1210. The van der Waals surface area contributed by atoms with Crippen LogP contribution in [0.4, 0.5) is 15.8 Å². The van der Waals surface area contributed by atoms with Crippen molar-refractivity contribution < 1.29 is 23.9 Å². The van der Waals surface area contributed by atoms with Crippen molar-refractivity contribution in [1.82, 2.24) is 4.90 Å². The van der Waals surface area contributed by atoms with Crippen molar-refractivity contribution in [3.05, 3.63) is 82.3 Å². The van der Waals surface area contributed by atoms with Crippen LogP contribution in [-0.2, 0) is 16.1 Å². The molecule has 2 N–H and O–H groups in total. The lowest BCUT2D eigenvalue weighted by Crippen LogP contribution is -2.32. The number of carboxylic acid groups (broad SMARTS) is 1. The molecule has 168 valence electrons. The summed E-state index contributed by atoms with van der Waals surface area (Å²) >= 11 is 2.68. The zero-order chi connectivity index (χ0) is 23.4. The number of thioether (sulfide) groups is 1. The fourth-order valence-corrected chi connectivity index (χ4v) is 5.02. The Morgan fingerprint density at radius 2 is 1.91 bits per heavy atom. The highest BCUT2D eigenvalue weighted by molar-refractivity contribution is 8.15. The predicted molar refractivity (Wildman–Crippen MR) is 126 cm³/mol. The van der Waals surface area contributed by atoms with Crippen molar-refractivity contribution in [3.8, 4) is 0 Å². The molecule has 0 saturated carbocycles. The maximum atomic E-state index is 13.3. The van der Waals surface area contributed by atoms with Crippen molar-refractivity contribution in [3.63, 3.8) is 0 Å². The van der Waals surface area contributed by atoms with Crippen LogP contribution in [0.3, 0.4) is 0 Å². The van der Waals surface area contributed by atoms with Crippen LogP contribution in [0, 0.1) is 5.82 Å². The molecule has 3 aromatic rings. The second kappa shape index (κ2) is 9.97. The topological polar surface area (TPSA) is 99.1 Å². The fraction of sp³-hybridized carbons (Fsp3) is 0.130. The van der Waals surface area contributed by atoms with E-state index in [1.165, 1.54) is 70.5 Å². The van der Waals surface area contributed by atoms with Crippen molar-refractivity contribution >= 4 is 57.4 Å². The van der Waals surface area contributed by atoms with E-state index in [0.29, 0.717) is 23.1 Å². The molecule has 1 atom stereocenters. The molecule has 0 spiro atoms. The second-order valence-electron chi connectivity index (χ2n) is 7.12. The number of carbonyl (C=O) groups excluding carboxylic acids is 2. The molecule has 33 heavy (non-hydrogen) atoms. The van der Waals surface area contributed by atoms with E-state index in [4.69, 9.17) is 5.11 Å². The fourth-order valence-electron chi connectivity index (χ4n) is 3.17. The van der Waals surface area contributed by atoms with Crippen LogP contribution in [0.2, 0.25) is 0 Å². The van der Waals surface area contributed by atoms with E-state index in [1.54, 1.807) is 6.07 Å². The maximum absolute atomic E-state index is 13.3. The van der Waals surface area contributed by atoms with Gasteiger partial charge in [-0.15, -0.1) is 11.3 Å². The van der Waals surface area contributed by atoms with Crippen molar-refractivity contribution in [1.29, 1.82) is 0 Å². The normalized spacial score (nSPS) is 16.9. The van der Waals surface area contributed by atoms with E-state index in [0.717, 1.165) is 4.88 Å². The van der Waals surface area contributed by atoms with Gasteiger partial charge in [0.2, 0.25) is 11.8 Å². The van der Waals surface area contributed by atoms with Crippen LogP contribution >= 0.6 is 23.1 Å². The minimum absolute atomic E-state index is 0.0509. The number of aliphatic imine (C=N–C) groups is 1. The highest BCUT2D eigenvalue weighted by Gasteiger charge is 2.39. The third kappa shape index (κ3) is 5.65. The van der Waals surface area contributed by atoms with Crippen LogP contribution in [0.25, 0.3) is 0 Å². The van der Waals surface area contributed by atoms with Crippen LogP contribution < -0.4 is 5.32 Å². The number of halogens is 1. The Labute approximate surface area is 197 Å². The minimum atomic E-state index is -1.10. The summed E-state index contributed by atoms with van der Waals surface area (Å²) in [5.74, 6) is -2.14. The standard InChI is InChI=1S/C23H18FN3O4S2/c24-15-6-8-16(9-7-15)26-23-27(13-18-5-2-10-32-18)21(29)19(33-23)12-20(28)25-17-4-1-3-14(11-17)22(30)31/h1-11,19H,12-13H2,(H,25,28)(H,30,31). The quantitative estimate of drug-likeness (QED) is 0.506. The van der Waals surface area contributed by atoms with Gasteiger partial charge in [0, 0.05) is 17.0 Å². The summed E-state index contributed by atoms with van der Waals surface area (Å²) in [4.78, 5) is 43.9. The largest absolute Gasteiger partial charge is 0.478 e. The second-order valence-corrected chi connectivity index (χ2v) is 9.32. The van der Waals surface area contributed by atoms with Crippen molar-refractivity contribution in [2.24, 2.45) is 4.99 Å². The Morgan fingerprint density at radius 3 is 2.61 bits per heavy atom. The molecule has 4 rings (SSSR count). The number of hydrogen-bond acceptors (Lipinski definition) is 6. The molecule has 7 nitrogen and oxygen atoms in total. The molecule has 2 amide bonds. The number of amides is 2. The van der Waals surface area contributed by atoms with Gasteiger partial charge in [0.05, 0.1) is 17.8 Å². The first-order valence-electron chi connectivity index (χ1n) is 9.87. The van der Waals surface area contributed by atoms with Crippen LogP contribution in [0.5, 0.6) is 0 Å². The number of aromatic carboxylic acids is 1. The van der Waals surface area contributed by atoms with Gasteiger partial charge in [0.1, 0.15) is 11.1 Å². The van der Waals surface area contributed by atoms with Gasteiger partial charge in [-0.3, -0.25) is 14.5 Å². The number of carboxylic acids is 1. The van der Waals surface area contributed by atoms with Crippen molar-refractivity contribution in [2.45, 2.75) is 18.2 Å². The van der Waals surface area contributed by atoms with Gasteiger partial charge in [-0.1, -0.05) is 23.9 Å². The highest BCUT2D eigenvalue weighted by atomic mass is 32.2. The summed E-state index contributed by atoms with van der Waals surface area (Å²) in [5, 5.41) is 13.4. The summed E-state index contributed by atoms with van der Waals surface area (Å²) in [6, 6.07) is 15.3. The summed E-state index contributed by atoms with van der Waals surface area (Å²) in [6.07, 6.45) is -0.107. The number of thiophene rings is 1. The maximum Gasteiger partial charge on any atom is 0.335 e. The predicted octanol–water partition coefficient (Wildman–Crippen LogP) is 4.75. The number of nitrogens with zero attached hydrogens (tertiary/aromatic N) is 2. The molecule has 1 fully saturated rings. The molecular formula is C23H18FN3O4S2. The zero-order valence-electron chi connectivity index (χ0n) is 17.1. The average Bonchev–Trinajstić information content (AvgIpc) is 3.40. The molecule has 1 saturated heterocycles. The average molecular weight is 484 g/mol. The summed E-state index contributed by atoms with van der Waals surface area (Å²) < 4.78 is 13.3.